The summed E-state index contributed by atoms with van der Waals surface area (Å²) in [6.45, 7) is 1.34. The van der Waals surface area contributed by atoms with Gasteiger partial charge in [0.2, 0.25) is 0 Å². The lowest BCUT2D eigenvalue weighted by Crippen LogP contribution is -2.34. The number of aliphatic hydroxyl groups excluding tert-OH is 1. The molecule has 2 rings (SSSR count). The number of nitrogens with zero attached hydrogens (tertiary/aromatic N) is 2. The van der Waals surface area contributed by atoms with Crippen LogP contribution < -0.4 is 11.2 Å². The molecule has 0 bridgehead atoms. The fraction of sp³-hybridized carbons (Fsp3) is 0.615. The molecule has 3 atom stereocenters. The largest absolute Gasteiger partial charge is 0.465 e. The number of rotatable bonds is 3. The van der Waals surface area contributed by atoms with Gasteiger partial charge in [-0.2, -0.15) is 0 Å². The Hall–Kier alpha value is -1.71. The van der Waals surface area contributed by atoms with Crippen LogP contribution in [0.2, 0.25) is 0 Å². The first-order chi connectivity index (χ1) is 10.3. The Balaban J connectivity index is 2.22. The fourth-order valence-electron chi connectivity index (χ4n) is 2.19. The summed E-state index contributed by atoms with van der Waals surface area (Å²) >= 11 is 5.08. The van der Waals surface area contributed by atoms with Crippen molar-refractivity contribution < 1.29 is 14.6 Å². The van der Waals surface area contributed by atoms with Crippen LogP contribution in [0.25, 0.3) is 0 Å². The lowest BCUT2D eigenvalue weighted by Gasteiger charge is -2.21. The highest BCUT2D eigenvalue weighted by atomic mass is 32.1. The molecular formula is C13H19N3O5S. The second-order valence-electron chi connectivity index (χ2n) is 5.34. The third-order valence-corrected chi connectivity index (χ3v) is 3.90. The van der Waals surface area contributed by atoms with Crippen molar-refractivity contribution in [1.29, 1.82) is 0 Å². The fourth-order valence-corrected chi connectivity index (χ4v) is 2.32. The number of aliphatic hydroxyl groups is 1. The van der Waals surface area contributed by atoms with E-state index in [2.05, 4.69) is 4.98 Å². The van der Waals surface area contributed by atoms with E-state index in [1.54, 1.807) is 25.9 Å². The number of thiocarbonyl (C=S) groups is 1. The molecule has 1 saturated heterocycles. The molecule has 2 heterocycles. The maximum atomic E-state index is 11.9. The van der Waals surface area contributed by atoms with Crippen LogP contribution in [0.15, 0.2) is 15.8 Å². The van der Waals surface area contributed by atoms with Gasteiger partial charge in [0.15, 0.2) is 0 Å². The van der Waals surface area contributed by atoms with Crippen LogP contribution in [0.4, 0.5) is 0 Å². The highest BCUT2D eigenvalue weighted by Gasteiger charge is 2.38. The highest BCUT2D eigenvalue weighted by Crippen LogP contribution is 2.30. The van der Waals surface area contributed by atoms with Crippen LogP contribution in [-0.4, -0.2) is 57.6 Å². The Morgan fingerprint density at radius 2 is 2.27 bits per heavy atom. The average molecular weight is 329 g/mol. The van der Waals surface area contributed by atoms with E-state index in [9.17, 15) is 14.7 Å². The van der Waals surface area contributed by atoms with Crippen LogP contribution in [0.1, 0.15) is 18.2 Å². The van der Waals surface area contributed by atoms with Crippen LogP contribution in [-0.2, 0) is 9.47 Å². The van der Waals surface area contributed by atoms with Gasteiger partial charge in [0.25, 0.3) is 10.7 Å². The number of aryl methyl sites for hydroxylation is 1. The Kier molecular flexibility index (Phi) is 4.99. The first-order valence-electron chi connectivity index (χ1n) is 6.79. The minimum atomic E-state index is -0.629. The standard InChI is InChI=1S/C13H19N3O5S/c1-7-5-16(12(19)14-11(7)18)10-4-8(9(6-17)20-10)21-13(22)15(2)3/h5,8-10,17H,4,6H2,1-3H3,(H,14,18,19). The normalized spacial score (nSPS) is 24.3. The second kappa shape index (κ2) is 6.59. The summed E-state index contributed by atoms with van der Waals surface area (Å²) in [4.78, 5) is 27.2. The van der Waals surface area contributed by atoms with Gasteiger partial charge in [0.05, 0.1) is 6.61 Å². The number of nitrogens with one attached hydrogen (secondary N) is 1. The third kappa shape index (κ3) is 3.37. The third-order valence-electron chi connectivity index (χ3n) is 3.43. The predicted molar refractivity (Wildman–Crippen MR) is 82.8 cm³/mol. The molecule has 122 valence electrons. The molecule has 0 amide bonds. The lowest BCUT2D eigenvalue weighted by molar-refractivity contribution is -0.0448. The maximum absolute atomic E-state index is 11.9. The predicted octanol–water partition coefficient (Wildman–Crippen LogP) is -0.643. The first-order valence-corrected chi connectivity index (χ1v) is 7.20. The molecular weight excluding hydrogens is 310 g/mol. The molecule has 2 N–H and O–H groups in total. The number of hydrogen-bond donors (Lipinski definition) is 2. The monoisotopic (exact) mass is 329 g/mol. The molecule has 3 unspecified atom stereocenters. The van der Waals surface area contributed by atoms with Crippen molar-refractivity contribution in [3.8, 4) is 0 Å². The van der Waals surface area contributed by atoms with Gasteiger partial charge in [0.1, 0.15) is 18.4 Å². The van der Waals surface area contributed by atoms with Crippen molar-refractivity contribution in [3.05, 3.63) is 32.6 Å². The molecule has 9 heteroatoms. The van der Waals surface area contributed by atoms with E-state index in [1.807, 2.05) is 0 Å². The van der Waals surface area contributed by atoms with E-state index in [4.69, 9.17) is 21.7 Å². The molecule has 0 spiro atoms. The van der Waals surface area contributed by atoms with E-state index in [0.29, 0.717) is 12.0 Å². The Morgan fingerprint density at radius 3 is 2.86 bits per heavy atom. The molecule has 22 heavy (non-hydrogen) atoms. The Bertz CT molecular complexity index is 668. The molecule has 1 fully saturated rings. The van der Waals surface area contributed by atoms with E-state index in [1.165, 1.54) is 10.8 Å². The van der Waals surface area contributed by atoms with Gasteiger partial charge in [-0.1, -0.05) is 0 Å². The van der Waals surface area contributed by atoms with Gasteiger partial charge in [-0.05, 0) is 19.1 Å². The smallest absolute Gasteiger partial charge is 0.330 e. The first kappa shape index (κ1) is 16.7. The van der Waals surface area contributed by atoms with Crippen LogP contribution in [0.5, 0.6) is 0 Å². The molecule has 0 radical (unpaired) electrons. The molecule has 1 aromatic rings. The van der Waals surface area contributed by atoms with E-state index in [-0.39, 0.29) is 11.8 Å². The minimum Gasteiger partial charge on any atom is -0.465 e. The second-order valence-corrected chi connectivity index (χ2v) is 5.69. The Morgan fingerprint density at radius 1 is 1.59 bits per heavy atom. The van der Waals surface area contributed by atoms with Gasteiger partial charge < -0.3 is 19.5 Å². The zero-order valence-corrected chi connectivity index (χ0v) is 13.4. The van der Waals surface area contributed by atoms with Crippen LogP contribution >= 0.6 is 12.2 Å². The van der Waals surface area contributed by atoms with Crippen molar-refractivity contribution in [2.45, 2.75) is 31.8 Å². The lowest BCUT2D eigenvalue weighted by atomic mass is 10.2. The van der Waals surface area contributed by atoms with Crippen molar-refractivity contribution in [1.82, 2.24) is 14.5 Å². The molecule has 1 aliphatic heterocycles. The topological polar surface area (TPSA) is 96.8 Å². The Labute approximate surface area is 132 Å². The van der Waals surface area contributed by atoms with Crippen LogP contribution in [0, 0.1) is 6.92 Å². The van der Waals surface area contributed by atoms with Crippen molar-refractivity contribution >= 4 is 17.4 Å². The average Bonchev–Trinajstić information content (AvgIpc) is 2.85. The minimum absolute atomic E-state index is 0.256. The van der Waals surface area contributed by atoms with E-state index in [0.717, 1.165) is 0 Å². The van der Waals surface area contributed by atoms with E-state index < -0.39 is 29.7 Å². The summed E-state index contributed by atoms with van der Waals surface area (Å²) in [5, 5.41) is 9.69. The van der Waals surface area contributed by atoms with Crippen molar-refractivity contribution in [2.24, 2.45) is 0 Å². The van der Waals surface area contributed by atoms with Gasteiger partial charge in [-0.3, -0.25) is 14.3 Å². The SMILES string of the molecule is Cc1cn(C2CC(OC(=S)N(C)C)C(CO)O2)c(=O)[nH]c1=O. The highest BCUT2D eigenvalue weighted by molar-refractivity contribution is 7.80. The number of aromatic nitrogens is 2. The molecule has 0 aliphatic carbocycles. The summed E-state index contributed by atoms with van der Waals surface area (Å²) in [5.74, 6) is 0. The summed E-state index contributed by atoms with van der Waals surface area (Å²) < 4.78 is 12.6. The molecule has 0 aromatic carbocycles. The van der Waals surface area contributed by atoms with Crippen LogP contribution in [0.3, 0.4) is 0 Å². The molecule has 1 aliphatic rings. The number of aromatic amines is 1. The van der Waals surface area contributed by atoms with E-state index >= 15 is 0 Å². The van der Waals surface area contributed by atoms with Gasteiger partial charge >= 0.3 is 5.69 Å². The number of H-pyrrole nitrogens is 1. The summed E-state index contributed by atoms with van der Waals surface area (Å²) in [6.07, 6.45) is 0.0820. The van der Waals surface area contributed by atoms with Gasteiger partial charge in [-0.25, -0.2) is 4.79 Å². The van der Waals surface area contributed by atoms with Gasteiger partial charge in [0, 0.05) is 32.3 Å². The quantitative estimate of drug-likeness (QED) is 0.712. The molecule has 1 aromatic heterocycles. The number of hydrogen-bond acceptors (Lipinski definition) is 6. The number of ether oxygens (including phenoxy) is 2. The zero-order valence-electron chi connectivity index (χ0n) is 12.6. The summed E-state index contributed by atoms with van der Waals surface area (Å²) in [6, 6.07) is 0. The van der Waals surface area contributed by atoms with Crippen molar-refractivity contribution in [2.75, 3.05) is 20.7 Å². The summed E-state index contributed by atoms with van der Waals surface area (Å²) in [7, 11) is 3.50. The molecule has 0 saturated carbocycles. The molecule has 8 nitrogen and oxygen atoms in total. The van der Waals surface area contributed by atoms with Crippen molar-refractivity contribution in [3.63, 3.8) is 0 Å². The maximum Gasteiger partial charge on any atom is 0.330 e. The zero-order chi connectivity index (χ0) is 16.4. The van der Waals surface area contributed by atoms with Gasteiger partial charge in [-0.15, -0.1) is 0 Å². The summed E-state index contributed by atoms with van der Waals surface area (Å²) in [5.41, 5.74) is -0.593.